The molecule has 2 atom stereocenters. The van der Waals surface area contributed by atoms with Gasteiger partial charge in [0.1, 0.15) is 17.1 Å². The van der Waals surface area contributed by atoms with E-state index in [1.54, 1.807) is 17.8 Å². The van der Waals surface area contributed by atoms with E-state index >= 15 is 0 Å². The standard InChI is InChI=1S/C13H14N4O3S4/c1-2-3-21-12-15-16-13(24-12)23-5-6-4-22-10-7(14)9(18)17(10)8(6)11(19)20/h2,7,10H,1,3-5,14H2,(H,19,20)/t7?,10-/m0/s1. The molecule has 1 aromatic rings. The minimum atomic E-state index is -1.09. The lowest BCUT2D eigenvalue weighted by atomic mass is 10.0. The minimum Gasteiger partial charge on any atom is -0.477 e. The Balaban J connectivity index is 1.71. The van der Waals surface area contributed by atoms with Crippen LogP contribution in [-0.4, -0.2) is 60.8 Å². The van der Waals surface area contributed by atoms with Gasteiger partial charge < -0.3 is 10.8 Å². The van der Waals surface area contributed by atoms with E-state index in [9.17, 15) is 14.7 Å². The van der Waals surface area contributed by atoms with Gasteiger partial charge in [-0.05, 0) is 5.57 Å². The van der Waals surface area contributed by atoms with Crippen molar-refractivity contribution in [2.75, 3.05) is 17.3 Å². The van der Waals surface area contributed by atoms with Crippen molar-refractivity contribution in [2.24, 2.45) is 5.73 Å². The van der Waals surface area contributed by atoms with E-state index in [0.717, 1.165) is 14.4 Å². The molecule has 2 aliphatic rings. The number of nitrogens with two attached hydrogens (primary N) is 1. The molecule has 128 valence electrons. The molecule has 0 bridgehead atoms. The summed E-state index contributed by atoms with van der Waals surface area (Å²) in [5, 5.41) is 17.4. The second-order valence-electron chi connectivity index (χ2n) is 4.92. The molecule has 1 unspecified atom stereocenters. The number of aromatic nitrogens is 2. The predicted octanol–water partition coefficient (Wildman–Crippen LogP) is 1.49. The number of rotatable bonds is 7. The van der Waals surface area contributed by atoms with Crippen LogP contribution in [0.15, 0.2) is 32.6 Å². The van der Waals surface area contributed by atoms with Crippen molar-refractivity contribution in [3.8, 4) is 0 Å². The number of hydrogen-bond donors (Lipinski definition) is 2. The molecule has 1 aromatic heterocycles. The Kier molecular flexibility index (Phi) is 5.55. The lowest BCUT2D eigenvalue weighted by molar-refractivity contribution is -0.147. The van der Waals surface area contributed by atoms with Gasteiger partial charge in [-0.25, -0.2) is 4.79 Å². The first-order chi connectivity index (χ1) is 11.5. The summed E-state index contributed by atoms with van der Waals surface area (Å²) < 4.78 is 1.63. The molecule has 1 fully saturated rings. The maximum absolute atomic E-state index is 11.9. The first kappa shape index (κ1) is 17.8. The fraction of sp³-hybridized carbons (Fsp3) is 0.385. The van der Waals surface area contributed by atoms with Gasteiger partial charge in [0.2, 0.25) is 5.91 Å². The molecule has 3 rings (SSSR count). The van der Waals surface area contributed by atoms with Crippen molar-refractivity contribution in [3.63, 3.8) is 0 Å². The van der Waals surface area contributed by atoms with Crippen LogP contribution in [0, 0.1) is 0 Å². The van der Waals surface area contributed by atoms with E-state index < -0.39 is 12.0 Å². The highest BCUT2D eigenvalue weighted by Gasteiger charge is 2.51. The zero-order valence-electron chi connectivity index (χ0n) is 12.4. The van der Waals surface area contributed by atoms with Crippen LogP contribution in [0.3, 0.4) is 0 Å². The fourth-order valence-electron chi connectivity index (χ4n) is 2.28. The van der Waals surface area contributed by atoms with Gasteiger partial charge >= 0.3 is 5.97 Å². The summed E-state index contributed by atoms with van der Waals surface area (Å²) in [7, 11) is 0. The summed E-state index contributed by atoms with van der Waals surface area (Å²) in [5.41, 5.74) is 6.52. The Hall–Kier alpha value is -1.01. The van der Waals surface area contributed by atoms with Crippen LogP contribution >= 0.6 is 46.6 Å². The highest BCUT2D eigenvalue weighted by atomic mass is 32.2. The Morgan fingerprint density at radius 1 is 1.46 bits per heavy atom. The van der Waals surface area contributed by atoms with Gasteiger partial charge in [0.25, 0.3) is 0 Å². The summed E-state index contributed by atoms with van der Waals surface area (Å²) in [6.07, 6.45) is 1.80. The summed E-state index contributed by atoms with van der Waals surface area (Å²) in [5.74, 6) is 0.361. The van der Waals surface area contributed by atoms with Crippen molar-refractivity contribution in [3.05, 3.63) is 23.9 Å². The largest absolute Gasteiger partial charge is 0.477 e. The molecular formula is C13H14N4O3S4. The summed E-state index contributed by atoms with van der Waals surface area (Å²) >= 11 is 5.96. The van der Waals surface area contributed by atoms with Gasteiger partial charge in [0.15, 0.2) is 8.68 Å². The number of thioether (sulfide) groups is 3. The topological polar surface area (TPSA) is 109 Å². The number of aliphatic carboxylic acids is 1. The van der Waals surface area contributed by atoms with Crippen LogP contribution in [0.4, 0.5) is 0 Å². The van der Waals surface area contributed by atoms with Crippen LogP contribution in [0.25, 0.3) is 0 Å². The number of carboxylic acid groups (broad SMARTS) is 1. The number of hydrogen-bond acceptors (Lipinski definition) is 9. The molecule has 3 heterocycles. The fourth-order valence-corrected chi connectivity index (χ4v) is 6.50. The maximum Gasteiger partial charge on any atom is 0.352 e. The van der Waals surface area contributed by atoms with E-state index in [1.165, 1.54) is 39.8 Å². The number of carbonyl (C=O) groups excluding carboxylic acids is 1. The van der Waals surface area contributed by atoms with Crippen molar-refractivity contribution in [1.82, 2.24) is 15.1 Å². The molecule has 0 aromatic carbocycles. The molecule has 24 heavy (non-hydrogen) atoms. The Labute approximate surface area is 155 Å². The first-order valence-electron chi connectivity index (χ1n) is 6.88. The monoisotopic (exact) mass is 402 g/mol. The normalized spacial score (nSPS) is 23.0. The highest BCUT2D eigenvalue weighted by molar-refractivity contribution is 8.03. The SMILES string of the molecule is C=CCSc1nnc(SCC2=C(C(=O)O)N3C(=O)C(N)[C@@H]3SC2)s1. The molecule has 2 aliphatic heterocycles. The lowest BCUT2D eigenvalue weighted by Gasteiger charge is -2.48. The summed E-state index contributed by atoms with van der Waals surface area (Å²) in [6.45, 7) is 3.66. The van der Waals surface area contributed by atoms with Crippen molar-refractivity contribution < 1.29 is 14.7 Å². The Bertz CT molecular complexity index is 720. The van der Waals surface area contributed by atoms with Crippen LogP contribution in [-0.2, 0) is 9.59 Å². The van der Waals surface area contributed by atoms with Gasteiger partial charge in [0.05, 0.1) is 0 Å². The number of carbonyl (C=O) groups is 2. The number of nitrogens with zero attached hydrogens (tertiary/aromatic N) is 3. The van der Waals surface area contributed by atoms with Gasteiger partial charge in [-0.3, -0.25) is 9.69 Å². The molecule has 3 N–H and O–H groups in total. The number of β-lactam (4-membered cyclic amide) rings is 1. The van der Waals surface area contributed by atoms with E-state index in [2.05, 4.69) is 16.8 Å². The van der Waals surface area contributed by atoms with Crippen molar-refractivity contribution >= 4 is 58.5 Å². The molecule has 0 radical (unpaired) electrons. The van der Waals surface area contributed by atoms with E-state index in [0.29, 0.717) is 17.1 Å². The molecule has 0 spiro atoms. The van der Waals surface area contributed by atoms with Crippen LogP contribution in [0.1, 0.15) is 0 Å². The first-order valence-corrected chi connectivity index (χ1v) is 10.7. The van der Waals surface area contributed by atoms with Crippen LogP contribution in [0.2, 0.25) is 0 Å². The smallest absolute Gasteiger partial charge is 0.352 e. The lowest BCUT2D eigenvalue weighted by Crippen LogP contribution is -2.68. The van der Waals surface area contributed by atoms with Gasteiger partial charge in [-0.2, -0.15) is 0 Å². The molecule has 0 aliphatic carbocycles. The molecule has 11 heteroatoms. The van der Waals surface area contributed by atoms with Gasteiger partial charge in [0, 0.05) is 17.3 Å². The number of amides is 1. The number of fused-ring (bicyclic) bond motifs is 1. The molecule has 0 saturated carbocycles. The minimum absolute atomic E-state index is 0.0729. The summed E-state index contributed by atoms with van der Waals surface area (Å²) in [4.78, 5) is 24.8. The Morgan fingerprint density at radius 3 is 2.83 bits per heavy atom. The third-order valence-corrected chi connectivity index (χ3v) is 8.01. The molecule has 7 nitrogen and oxygen atoms in total. The molecular weight excluding hydrogens is 388 g/mol. The number of carboxylic acids is 1. The second-order valence-corrected chi connectivity index (χ2v) is 9.49. The van der Waals surface area contributed by atoms with E-state index in [1.807, 2.05) is 0 Å². The average Bonchev–Trinajstić information content (AvgIpc) is 3.04. The van der Waals surface area contributed by atoms with E-state index in [4.69, 9.17) is 5.73 Å². The zero-order valence-corrected chi connectivity index (χ0v) is 15.6. The Morgan fingerprint density at radius 2 is 2.17 bits per heavy atom. The third kappa shape index (κ3) is 3.36. The average molecular weight is 403 g/mol. The molecule has 1 saturated heterocycles. The van der Waals surface area contributed by atoms with Crippen LogP contribution in [0.5, 0.6) is 0 Å². The van der Waals surface area contributed by atoms with Gasteiger partial charge in [-0.1, -0.05) is 40.9 Å². The highest BCUT2D eigenvalue weighted by Crippen LogP contribution is 2.41. The maximum atomic E-state index is 11.9. The summed E-state index contributed by atoms with van der Waals surface area (Å²) in [6, 6.07) is -0.605. The van der Waals surface area contributed by atoms with Gasteiger partial charge in [-0.15, -0.1) is 28.5 Å². The third-order valence-electron chi connectivity index (χ3n) is 3.37. The predicted molar refractivity (Wildman–Crippen MR) is 97.3 cm³/mol. The quantitative estimate of drug-likeness (QED) is 0.398. The zero-order chi connectivity index (χ0) is 17.3. The van der Waals surface area contributed by atoms with Crippen molar-refractivity contribution in [2.45, 2.75) is 20.1 Å². The second kappa shape index (κ2) is 7.48. The van der Waals surface area contributed by atoms with E-state index in [-0.39, 0.29) is 17.0 Å². The van der Waals surface area contributed by atoms with Crippen molar-refractivity contribution in [1.29, 1.82) is 0 Å². The van der Waals surface area contributed by atoms with Crippen LogP contribution < -0.4 is 5.73 Å². The molecule has 1 amide bonds.